The molecule has 4 nitrogen and oxygen atoms in total. The van der Waals surface area contributed by atoms with Crippen molar-refractivity contribution in [2.24, 2.45) is 4.99 Å². The van der Waals surface area contributed by atoms with Crippen LogP contribution in [0.25, 0.3) is 0 Å². The van der Waals surface area contributed by atoms with Crippen LogP contribution in [0, 0.1) is 6.92 Å². The minimum Gasteiger partial charge on any atom is -0.496 e. The molecule has 0 bridgehead atoms. The lowest BCUT2D eigenvalue weighted by Gasteiger charge is -2.21. The van der Waals surface area contributed by atoms with Crippen LogP contribution < -0.4 is 15.4 Å². The first kappa shape index (κ1) is 18.3. The third-order valence-electron chi connectivity index (χ3n) is 4.03. The highest BCUT2D eigenvalue weighted by atomic mass is 32.1. The first-order chi connectivity index (χ1) is 11.5. The quantitative estimate of drug-likeness (QED) is 0.612. The molecule has 0 aliphatic rings. The SMILES string of the molecule is CN=C(NCC(C)c1cccs1)NC(C)c1cc(C)ccc1OC. The second-order valence-electron chi connectivity index (χ2n) is 5.98. The van der Waals surface area contributed by atoms with E-state index in [4.69, 9.17) is 4.74 Å². The molecule has 0 saturated carbocycles. The van der Waals surface area contributed by atoms with Crippen LogP contribution in [0.15, 0.2) is 40.7 Å². The van der Waals surface area contributed by atoms with Gasteiger partial charge in [0.25, 0.3) is 0 Å². The summed E-state index contributed by atoms with van der Waals surface area (Å²) >= 11 is 1.79. The molecule has 130 valence electrons. The number of benzene rings is 1. The number of thiophene rings is 1. The Labute approximate surface area is 149 Å². The van der Waals surface area contributed by atoms with Crippen LogP contribution in [0.2, 0.25) is 0 Å². The molecular formula is C19H27N3OS. The number of hydrogen-bond acceptors (Lipinski definition) is 3. The fourth-order valence-electron chi connectivity index (χ4n) is 2.59. The van der Waals surface area contributed by atoms with Gasteiger partial charge >= 0.3 is 0 Å². The van der Waals surface area contributed by atoms with E-state index in [9.17, 15) is 0 Å². The first-order valence-corrected chi connectivity index (χ1v) is 9.08. The first-order valence-electron chi connectivity index (χ1n) is 8.20. The Kier molecular flexibility index (Phi) is 6.67. The van der Waals surface area contributed by atoms with Crippen molar-refractivity contribution in [3.8, 4) is 5.75 Å². The van der Waals surface area contributed by atoms with Gasteiger partial charge < -0.3 is 15.4 Å². The number of aryl methyl sites for hydroxylation is 1. The monoisotopic (exact) mass is 345 g/mol. The van der Waals surface area contributed by atoms with Gasteiger partial charge in [0, 0.05) is 30.0 Å². The van der Waals surface area contributed by atoms with Gasteiger partial charge in [0.05, 0.1) is 13.2 Å². The predicted octanol–water partition coefficient (Wildman–Crippen LogP) is 4.09. The smallest absolute Gasteiger partial charge is 0.191 e. The van der Waals surface area contributed by atoms with Gasteiger partial charge in [0.2, 0.25) is 0 Å². The van der Waals surface area contributed by atoms with Crippen LogP contribution in [0.4, 0.5) is 0 Å². The van der Waals surface area contributed by atoms with Crippen molar-refractivity contribution in [3.05, 3.63) is 51.7 Å². The minimum absolute atomic E-state index is 0.100. The molecule has 1 aromatic carbocycles. The zero-order chi connectivity index (χ0) is 17.5. The highest BCUT2D eigenvalue weighted by Gasteiger charge is 2.14. The molecule has 0 aliphatic carbocycles. The number of hydrogen-bond donors (Lipinski definition) is 2. The van der Waals surface area contributed by atoms with Gasteiger partial charge in [-0.05, 0) is 31.4 Å². The van der Waals surface area contributed by atoms with Gasteiger partial charge in [0.15, 0.2) is 5.96 Å². The molecule has 2 rings (SSSR count). The Balaban J connectivity index is 1.98. The fourth-order valence-corrected chi connectivity index (χ4v) is 3.38. The molecule has 0 saturated heterocycles. The predicted molar refractivity (Wildman–Crippen MR) is 103 cm³/mol. The molecular weight excluding hydrogens is 318 g/mol. The summed E-state index contributed by atoms with van der Waals surface area (Å²) in [6.45, 7) is 7.27. The molecule has 1 heterocycles. The number of methoxy groups -OCH3 is 1. The molecule has 0 fully saturated rings. The van der Waals surface area contributed by atoms with Gasteiger partial charge in [-0.1, -0.05) is 30.7 Å². The second kappa shape index (κ2) is 8.73. The maximum Gasteiger partial charge on any atom is 0.191 e. The van der Waals surface area contributed by atoms with E-state index >= 15 is 0 Å². The topological polar surface area (TPSA) is 45.7 Å². The Hall–Kier alpha value is -2.01. The summed E-state index contributed by atoms with van der Waals surface area (Å²) < 4.78 is 5.48. The number of ether oxygens (including phenoxy) is 1. The van der Waals surface area contributed by atoms with Gasteiger partial charge in [0.1, 0.15) is 5.75 Å². The maximum absolute atomic E-state index is 5.48. The van der Waals surface area contributed by atoms with E-state index in [1.165, 1.54) is 10.4 Å². The number of guanidine groups is 1. The van der Waals surface area contributed by atoms with Gasteiger partial charge in [-0.2, -0.15) is 0 Å². The van der Waals surface area contributed by atoms with Gasteiger partial charge in [-0.25, -0.2) is 0 Å². The van der Waals surface area contributed by atoms with Crippen LogP contribution in [0.3, 0.4) is 0 Å². The van der Waals surface area contributed by atoms with E-state index in [1.807, 2.05) is 6.07 Å². The van der Waals surface area contributed by atoms with E-state index in [-0.39, 0.29) is 6.04 Å². The second-order valence-corrected chi connectivity index (χ2v) is 6.96. The van der Waals surface area contributed by atoms with Crippen molar-refractivity contribution in [3.63, 3.8) is 0 Å². The lowest BCUT2D eigenvalue weighted by molar-refractivity contribution is 0.405. The molecule has 0 spiro atoms. The minimum atomic E-state index is 0.100. The summed E-state index contributed by atoms with van der Waals surface area (Å²) in [5.41, 5.74) is 2.35. The number of rotatable bonds is 6. The van der Waals surface area contributed by atoms with Crippen molar-refractivity contribution < 1.29 is 4.74 Å². The van der Waals surface area contributed by atoms with Crippen molar-refractivity contribution in [2.75, 3.05) is 20.7 Å². The van der Waals surface area contributed by atoms with Crippen molar-refractivity contribution in [2.45, 2.75) is 32.7 Å². The zero-order valence-corrected chi connectivity index (χ0v) is 15.9. The fraction of sp³-hybridized carbons (Fsp3) is 0.421. The molecule has 1 aromatic heterocycles. The zero-order valence-electron chi connectivity index (χ0n) is 15.1. The van der Waals surface area contributed by atoms with E-state index in [0.717, 1.165) is 23.8 Å². The van der Waals surface area contributed by atoms with Crippen LogP contribution in [-0.4, -0.2) is 26.7 Å². The van der Waals surface area contributed by atoms with Crippen LogP contribution in [0.5, 0.6) is 5.75 Å². The molecule has 0 aliphatic heterocycles. The van der Waals surface area contributed by atoms with E-state index < -0.39 is 0 Å². The van der Waals surface area contributed by atoms with Crippen LogP contribution in [0.1, 0.15) is 41.8 Å². The maximum atomic E-state index is 5.48. The average molecular weight is 346 g/mol. The number of nitrogens with zero attached hydrogens (tertiary/aromatic N) is 1. The summed E-state index contributed by atoms with van der Waals surface area (Å²) in [7, 11) is 3.50. The molecule has 0 amide bonds. The largest absolute Gasteiger partial charge is 0.496 e. The summed E-state index contributed by atoms with van der Waals surface area (Å²) in [5, 5.41) is 8.98. The van der Waals surface area contributed by atoms with Crippen molar-refractivity contribution in [1.29, 1.82) is 0 Å². The van der Waals surface area contributed by atoms with Crippen molar-refractivity contribution in [1.82, 2.24) is 10.6 Å². The van der Waals surface area contributed by atoms with Crippen LogP contribution in [-0.2, 0) is 0 Å². The molecule has 24 heavy (non-hydrogen) atoms. The highest BCUT2D eigenvalue weighted by molar-refractivity contribution is 7.10. The van der Waals surface area contributed by atoms with E-state index in [1.54, 1.807) is 25.5 Å². The Morgan fingerprint density at radius 2 is 2.08 bits per heavy atom. The lowest BCUT2D eigenvalue weighted by atomic mass is 10.0. The molecule has 5 heteroatoms. The number of aliphatic imine (C=N–C) groups is 1. The van der Waals surface area contributed by atoms with Crippen molar-refractivity contribution >= 4 is 17.3 Å². The summed E-state index contributed by atoms with van der Waals surface area (Å²) in [5.74, 6) is 2.14. The number of nitrogens with one attached hydrogen (secondary N) is 2. The molecule has 2 atom stereocenters. The van der Waals surface area contributed by atoms with Gasteiger partial charge in [-0.15, -0.1) is 11.3 Å². The Morgan fingerprint density at radius 3 is 2.71 bits per heavy atom. The third kappa shape index (κ3) is 4.74. The Bertz CT molecular complexity index is 667. The molecule has 2 unspecified atom stereocenters. The standard InChI is InChI=1S/C19H27N3OS/c1-13-8-9-17(23-5)16(11-13)15(3)22-19(20-4)21-12-14(2)18-7-6-10-24-18/h6-11,14-15H,12H2,1-5H3,(H2,20,21,22). The van der Waals surface area contributed by atoms with E-state index in [2.05, 4.69) is 66.0 Å². The molecule has 2 aromatic rings. The third-order valence-corrected chi connectivity index (χ3v) is 5.14. The molecule has 2 N–H and O–H groups in total. The summed E-state index contributed by atoms with van der Waals surface area (Å²) in [6.07, 6.45) is 0. The average Bonchev–Trinajstić information content (AvgIpc) is 3.12. The highest BCUT2D eigenvalue weighted by Crippen LogP contribution is 2.26. The lowest BCUT2D eigenvalue weighted by Crippen LogP contribution is -2.40. The summed E-state index contributed by atoms with van der Waals surface area (Å²) in [4.78, 5) is 5.72. The van der Waals surface area contributed by atoms with E-state index in [0.29, 0.717) is 5.92 Å². The van der Waals surface area contributed by atoms with Crippen LogP contribution >= 0.6 is 11.3 Å². The molecule has 0 radical (unpaired) electrons. The normalized spacial score (nSPS) is 14.1. The summed E-state index contributed by atoms with van der Waals surface area (Å²) in [6, 6.07) is 10.6. The van der Waals surface area contributed by atoms with Gasteiger partial charge in [-0.3, -0.25) is 4.99 Å². The Morgan fingerprint density at radius 1 is 1.29 bits per heavy atom.